The molecule has 0 bridgehead atoms. The molecule has 3 nitrogen and oxygen atoms in total. The van der Waals surface area contributed by atoms with E-state index in [4.69, 9.17) is 4.42 Å². The van der Waals surface area contributed by atoms with E-state index in [1.54, 1.807) is 0 Å². The van der Waals surface area contributed by atoms with Crippen LogP contribution in [0.5, 0.6) is 0 Å². The molecule has 0 amide bonds. The highest BCUT2D eigenvalue weighted by molar-refractivity contribution is 7.00. The van der Waals surface area contributed by atoms with E-state index >= 15 is 0 Å². The van der Waals surface area contributed by atoms with Crippen LogP contribution in [-0.2, 0) is 32.5 Å². The van der Waals surface area contributed by atoms with Gasteiger partial charge in [-0.25, -0.2) is 0 Å². The van der Waals surface area contributed by atoms with Crippen molar-refractivity contribution in [3.8, 4) is 22.3 Å². The number of para-hydroxylation sites is 1. The topological polar surface area (TPSA) is 19.6 Å². The van der Waals surface area contributed by atoms with Gasteiger partial charge in [0.15, 0.2) is 0 Å². The zero-order valence-electron chi connectivity index (χ0n) is 47.9. The summed E-state index contributed by atoms with van der Waals surface area (Å²) in [5, 5.41) is 2.31. The number of rotatable bonds is 4. The van der Waals surface area contributed by atoms with Crippen molar-refractivity contribution in [3.05, 3.63) is 185 Å². The largest absolute Gasteiger partial charge is 0.456 e. The van der Waals surface area contributed by atoms with Gasteiger partial charge in [-0.2, -0.15) is 0 Å². The smallest absolute Gasteiger partial charge is 0.252 e. The maximum Gasteiger partial charge on any atom is 0.252 e. The Kier molecular flexibility index (Phi) is 10.4. The Labute approximate surface area is 453 Å². The van der Waals surface area contributed by atoms with Crippen LogP contribution in [0.2, 0.25) is 0 Å². The van der Waals surface area contributed by atoms with Gasteiger partial charge in [0.25, 0.3) is 6.71 Å². The number of nitrogens with zero attached hydrogens (tertiary/aromatic N) is 2. The summed E-state index contributed by atoms with van der Waals surface area (Å²) in [7, 11) is 0. The summed E-state index contributed by atoms with van der Waals surface area (Å²) in [6, 6.07) is 56.7. The van der Waals surface area contributed by atoms with Crippen molar-refractivity contribution >= 4 is 79.2 Å². The van der Waals surface area contributed by atoms with E-state index in [-0.39, 0.29) is 39.2 Å². The number of hydrogen-bond acceptors (Lipinski definition) is 3. The molecule has 382 valence electrons. The van der Waals surface area contributed by atoms with E-state index in [0.717, 1.165) is 34.8 Å². The quantitative estimate of drug-likeness (QED) is 0.164. The minimum absolute atomic E-state index is 0.00170. The van der Waals surface area contributed by atoms with Gasteiger partial charge < -0.3 is 14.2 Å². The molecule has 0 N–H and O–H groups in total. The van der Waals surface area contributed by atoms with Crippen LogP contribution in [0.3, 0.4) is 0 Å². The summed E-state index contributed by atoms with van der Waals surface area (Å²) < 4.78 is 6.57. The fourth-order valence-electron chi connectivity index (χ4n) is 14.6. The number of hydrogen-bond donors (Lipinski definition) is 0. The first kappa shape index (κ1) is 48.8. The van der Waals surface area contributed by atoms with Gasteiger partial charge in [0.2, 0.25) is 0 Å². The average molecular weight is 995 g/mol. The molecule has 9 aromatic rings. The highest BCUT2D eigenvalue weighted by atomic mass is 16.3. The SMILES string of the molecule is Cc1cc2c(cc1N1c3cc(-c4cccc5oc6ccccc6c45)ccc3B3c4cc5c(cc4N(c4ccc(C(C)(C)C)cc4-c4ccccc4)c4cc(C(C)(C)C)cc1c43)C(C)(C)CC5(C)C)C(C)(C)CCC2(C)C. The Morgan fingerprint density at radius 1 is 0.434 bits per heavy atom. The molecule has 4 aliphatic rings. The third-order valence-electron chi connectivity index (χ3n) is 18.7. The lowest BCUT2D eigenvalue weighted by Crippen LogP contribution is -2.61. The molecular weight excluding hydrogens is 920 g/mol. The first-order valence-electron chi connectivity index (χ1n) is 28.2. The highest BCUT2D eigenvalue weighted by Gasteiger charge is 2.49. The van der Waals surface area contributed by atoms with Crippen LogP contribution >= 0.6 is 0 Å². The Balaban J connectivity index is 1.18. The molecule has 3 heterocycles. The summed E-state index contributed by atoms with van der Waals surface area (Å²) in [5.74, 6) is 0. The molecule has 0 atom stereocenters. The van der Waals surface area contributed by atoms with E-state index in [9.17, 15) is 0 Å². The molecule has 2 aliphatic heterocycles. The average Bonchev–Trinajstić information content (AvgIpc) is 3.85. The van der Waals surface area contributed by atoms with Crippen molar-refractivity contribution in [1.82, 2.24) is 0 Å². The van der Waals surface area contributed by atoms with Gasteiger partial charge in [-0.1, -0.05) is 188 Å². The minimum Gasteiger partial charge on any atom is -0.456 e. The lowest BCUT2D eigenvalue weighted by atomic mass is 9.33. The van der Waals surface area contributed by atoms with Crippen molar-refractivity contribution in [1.29, 1.82) is 0 Å². The molecule has 0 radical (unpaired) electrons. The van der Waals surface area contributed by atoms with Gasteiger partial charge in [0.1, 0.15) is 11.2 Å². The lowest BCUT2D eigenvalue weighted by Gasteiger charge is -2.47. The van der Waals surface area contributed by atoms with Crippen molar-refractivity contribution < 1.29 is 4.42 Å². The van der Waals surface area contributed by atoms with Crippen LogP contribution in [0, 0.1) is 6.92 Å². The van der Waals surface area contributed by atoms with Crippen molar-refractivity contribution in [3.63, 3.8) is 0 Å². The van der Waals surface area contributed by atoms with E-state index < -0.39 is 0 Å². The molecule has 8 aromatic carbocycles. The fourth-order valence-corrected chi connectivity index (χ4v) is 14.6. The van der Waals surface area contributed by atoms with Gasteiger partial charge in [0, 0.05) is 44.8 Å². The van der Waals surface area contributed by atoms with Crippen LogP contribution < -0.4 is 26.2 Å². The zero-order chi connectivity index (χ0) is 53.4. The summed E-state index contributed by atoms with van der Waals surface area (Å²) in [4.78, 5) is 5.43. The van der Waals surface area contributed by atoms with Gasteiger partial charge >= 0.3 is 0 Å². The second-order valence-electron chi connectivity index (χ2n) is 28.0. The molecule has 4 heteroatoms. The lowest BCUT2D eigenvalue weighted by molar-refractivity contribution is 0.332. The van der Waals surface area contributed by atoms with Crippen LogP contribution in [0.4, 0.5) is 34.1 Å². The number of anilines is 6. The van der Waals surface area contributed by atoms with E-state index in [1.165, 1.54) is 118 Å². The normalized spacial score (nSPS) is 17.6. The predicted molar refractivity (Wildman–Crippen MR) is 327 cm³/mol. The van der Waals surface area contributed by atoms with Crippen molar-refractivity contribution in [2.24, 2.45) is 0 Å². The standard InChI is InChI=1S/C72H75BN2O/c1-43-34-51-53(70(10,11)33-32-69(51,8)9)40-58(43)75-59-35-45(48-25-21-27-64-65(48)49-24-19-20-26-63(49)76-64)28-30-55(59)73-56-39-52-54(72(14,15)42-71(52,12)13)41-60(56)74(61-37-47(68(5,6)7)38-62(75)66(61)73)57-31-29-46(67(2,3)4)36-50(57)44-22-17-16-18-23-44/h16-31,34-41H,32-33,42H2,1-15H3. The van der Waals surface area contributed by atoms with Crippen LogP contribution in [-0.4, -0.2) is 6.71 Å². The van der Waals surface area contributed by atoms with Gasteiger partial charge in [-0.3, -0.25) is 0 Å². The predicted octanol–water partition coefficient (Wildman–Crippen LogP) is 18.2. The van der Waals surface area contributed by atoms with Crippen LogP contribution in [0.1, 0.15) is 155 Å². The molecule has 13 rings (SSSR count). The number of aryl methyl sites for hydroxylation is 1. The van der Waals surface area contributed by atoms with Crippen LogP contribution in [0.15, 0.2) is 150 Å². The van der Waals surface area contributed by atoms with E-state index in [0.29, 0.717) is 0 Å². The first-order valence-corrected chi connectivity index (χ1v) is 28.2. The van der Waals surface area contributed by atoms with Crippen molar-refractivity contribution in [2.45, 2.75) is 156 Å². The molecule has 76 heavy (non-hydrogen) atoms. The third kappa shape index (κ3) is 7.28. The maximum absolute atomic E-state index is 6.57. The van der Waals surface area contributed by atoms with Gasteiger partial charge in [-0.05, 0) is 185 Å². The Bertz CT molecular complexity index is 3910. The second-order valence-corrected chi connectivity index (χ2v) is 28.0. The molecular formula is C72H75BN2O. The van der Waals surface area contributed by atoms with Gasteiger partial charge in [0.05, 0.1) is 5.69 Å². The second kappa shape index (κ2) is 16.1. The van der Waals surface area contributed by atoms with Gasteiger partial charge in [-0.15, -0.1) is 0 Å². The third-order valence-corrected chi connectivity index (χ3v) is 18.7. The van der Waals surface area contributed by atoms with E-state index in [1.807, 2.05) is 0 Å². The summed E-state index contributed by atoms with van der Waals surface area (Å²) in [5.41, 5.74) is 28.1. The molecule has 0 fully saturated rings. The molecule has 2 aliphatic carbocycles. The summed E-state index contributed by atoms with van der Waals surface area (Å²) in [6.07, 6.45) is 3.42. The number of fused-ring (bicyclic) bond motifs is 9. The Morgan fingerprint density at radius 2 is 1.01 bits per heavy atom. The molecule has 1 aromatic heterocycles. The molecule has 0 saturated heterocycles. The van der Waals surface area contributed by atoms with Crippen LogP contribution in [0.25, 0.3) is 44.2 Å². The number of benzene rings is 8. The molecule has 0 unspecified atom stereocenters. The molecule has 0 spiro atoms. The van der Waals surface area contributed by atoms with Crippen molar-refractivity contribution in [2.75, 3.05) is 9.80 Å². The maximum atomic E-state index is 6.57. The highest BCUT2D eigenvalue weighted by Crippen LogP contribution is 2.56. The molecule has 0 saturated carbocycles. The zero-order valence-corrected chi connectivity index (χ0v) is 47.9. The summed E-state index contributed by atoms with van der Waals surface area (Å²) >= 11 is 0. The Morgan fingerprint density at radius 3 is 1.70 bits per heavy atom. The first-order chi connectivity index (χ1) is 35.8. The monoisotopic (exact) mass is 995 g/mol. The van der Waals surface area contributed by atoms with E-state index in [2.05, 4.69) is 259 Å². The summed E-state index contributed by atoms with van der Waals surface area (Å²) in [6.45, 7) is 36.3. The Hall–Kier alpha value is -6.78. The minimum atomic E-state index is -0.169. The fraction of sp³-hybridized carbons (Fsp3) is 0.333. The number of furan rings is 1.